The molecule has 0 aliphatic heterocycles. The molecule has 0 aliphatic carbocycles. The van der Waals surface area contributed by atoms with Crippen molar-refractivity contribution < 1.29 is 5.11 Å². The van der Waals surface area contributed by atoms with Crippen LogP contribution in [-0.2, 0) is 0 Å². The van der Waals surface area contributed by atoms with Crippen molar-refractivity contribution in [3.8, 4) is 34.2 Å². The predicted molar refractivity (Wildman–Crippen MR) is 114 cm³/mol. The van der Waals surface area contributed by atoms with Gasteiger partial charge >= 0.3 is 0 Å². The Morgan fingerprint density at radius 2 is 1.87 bits per heavy atom. The van der Waals surface area contributed by atoms with Crippen LogP contribution in [0.25, 0.3) is 50.4 Å². The lowest BCUT2D eigenvalue weighted by atomic mass is 10.1. The standard InChI is InChI=1S/C21H15N9O/c1-11-9-30(10-25-11)18-8-23-6-17-20(18)27-21(26-17)19-14-3-15(24-7-16(14)28-29-19)12-2-13(31)5-22-4-12/h2-10,31H,1H3,(H,26,27)(H,28,29). The first-order valence-corrected chi connectivity index (χ1v) is 9.49. The summed E-state index contributed by atoms with van der Waals surface area (Å²) in [6.07, 6.45) is 11.9. The van der Waals surface area contributed by atoms with Crippen LogP contribution in [0, 0.1) is 6.92 Å². The zero-order valence-electron chi connectivity index (χ0n) is 16.3. The second kappa shape index (κ2) is 6.46. The topological polar surface area (TPSA) is 134 Å². The first-order chi connectivity index (χ1) is 15.2. The molecule has 0 spiro atoms. The number of pyridine rings is 3. The molecular weight excluding hydrogens is 394 g/mol. The van der Waals surface area contributed by atoms with Crippen LogP contribution in [0.3, 0.4) is 0 Å². The Bertz CT molecular complexity index is 1580. The number of imidazole rings is 2. The number of nitrogens with zero attached hydrogens (tertiary/aromatic N) is 7. The smallest absolute Gasteiger partial charge is 0.159 e. The number of aryl methyl sites for hydroxylation is 1. The molecule has 6 rings (SSSR count). The summed E-state index contributed by atoms with van der Waals surface area (Å²) in [4.78, 5) is 25.2. The van der Waals surface area contributed by atoms with Crippen molar-refractivity contribution in [2.24, 2.45) is 0 Å². The molecule has 0 aromatic carbocycles. The van der Waals surface area contributed by atoms with E-state index >= 15 is 0 Å². The van der Waals surface area contributed by atoms with Crippen molar-refractivity contribution in [2.45, 2.75) is 6.92 Å². The number of H-pyrrole nitrogens is 2. The van der Waals surface area contributed by atoms with Gasteiger partial charge in [-0.2, -0.15) is 5.10 Å². The molecule has 0 amide bonds. The SMILES string of the molecule is Cc1cn(-c2cncc3[nH]c(-c4n[nH]c5cnc(-c6cncc(O)c6)cc45)nc23)cn1. The summed E-state index contributed by atoms with van der Waals surface area (Å²) in [6, 6.07) is 3.52. The lowest BCUT2D eigenvalue weighted by Gasteiger charge is -2.01. The molecule has 0 saturated carbocycles. The van der Waals surface area contributed by atoms with Crippen LogP contribution < -0.4 is 0 Å². The third kappa shape index (κ3) is 2.81. The van der Waals surface area contributed by atoms with Crippen molar-refractivity contribution in [3.63, 3.8) is 0 Å². The fraction of sp³-hybridized carbons (Fsp3) is 0.0476. The van der Waals surface area contributed by atoms with Crippen LogP contribution in [-0.4, -0.2) is 49.8 Å². The van der Waals surface area contributed by atoms with Crippen molar-refractivity contribution in [1.82, 2.24) is 44.7 Å². The minimum Gasteiger partial charge on any atom is -0.506 e. The van der Waals surface area contributed by atoms with Gasteiger partial charge in [-0.25, -0.2) is 9.97 Å². The third-order valence-electron chi connectivity index (χ3n) is 5.06. The summed E-state index contributed by atoms with van der Waals surface area (Å²) in [5, 5.41) is 18.1. The molecule has 0 radical (unpaired) electrons. The fourth-order valence-corrected chi connectivity index (χ4v) is 3.60. The van der Waals surface area contributed by atoms with E-state index in [1.807, 2.05) is 23.8 Å². The molecule has 6 aromatic rings. The summed E-state index contributed by atoms with van der Waals surface area (Å²) >= 11 is 0. The minimum absolute atomic E-state index is 0.0823. The summed E-state index contributed by atoms with van der Waals surface area (Å²) < 4.78 is 1.90. The molecule has 6 heterocycles. The average Bonchev–Trinajstić information content (AvgIpc) is 3.50. The van der Waals surface area contributed by atoms with E-state index < -0.39 is 0 Å². The number of nitrogens with one attached hydrogen (secondary N) is 2. The summed E-state index contributed by atoms with van der Waals surface area (Å²) in [7, 11) is 0. The number of aromatic nitrogens is 9. The number of aromatic amines is 2. The van der Waals surface area contributed by atoms with Gasteiger partial charge in [0.1, 0.15) is 17.0 Å². The Labute approximate surface area is 174 Å². The third-order valence-corrected chi connectivity index (χ3v) is 5.06. The van der Waals surface area contributed by atoms with Crippen molar-refractivity contribution in [2.75, 3.05) is 0 Å². The van der Waals surface area contributed by atoms with Gasteiger partial charge in [0, 0.05) is 23.3 Å². The quantitative estimate of drug-likeness (QED) is 0.409. The van der Waals surface area contributed by atoms with E-state index in [1.54, 1.807) is 37.2 Å². The Morgan fingerprint density at radius 3 is 2.71 bits per heavy atom. The molecule has 10 heteroatoms. The molecule has 10 nitrogen and oxygen atoms in total. The second-order valence-electron chi connectivity index (χ2n) is 7.18. The van der Waals surface area contributed by atoms with E-state index in [4.69, 9.17) is 4.98 Å². The number of fused-ring (bicyclic) bond motifs is 2. The monoisotopic (exact) mass is 409 g/mol. The molecule has 0 atom stereocenters. The summed E-state index contributed by atoms with van der Waals surface area (Å²) in [5.74, 6) is 0.692. The maximum Gasteiger partial charge on any atom is 0.159 e. The highest BCUT2D eigenvalue weighted by Crippen LogP contribution is 2.30. The highest BCUT2D eigenvalue weighted by molar-refractivity contribution is 5.95. The molecule has 6 aromatic heterocycles. The van der Waals surface area contributed by atoms with Gasteiger partial charge in [-0.1, -0.05) is 0 Å². The highest BCUT2D eigenvalue weighted by Gasteiger charge is 2.16. The van der Waals surface area contributed by atoms with Crippen LogP contribution in [0.1, 0.15) is 5.69 Å². The summed E-state index contributed by atoms with van der Waals surface area (Å²) in [5.41, 5.74) is 6.12. The van der Waals surface area contributed by atoms with E-state index in [1.165, 1.54) is 6.20 Å². The Hall–Kier alpha value is -4.60. The largest absolute Gasteiger partial charge is 0.506 e. The maximum atomic E-state index is 9.75. The van der Waals surface area contributed by atoms with Crippen LogP contribution in [0.15, 0.2) is 55.6 Å². The molecule has 0 unspecified atom stereocenters. The zero-order chi connectivity index (χ0) is 20.9. The van der Waals surface area contributed by atoms with Gasteiger partial charge in [-0.05, 0) is 19.1 Å². The number of rotatable bonds is 3. The van der Waals surface area contributed by atoms with Gasteiger partial charge in [-0.15, -0.1) is 0 Å². The van der Waals surface area contributed by atoms with Gasteiger partial charge in [0.25, 0.3) is 0 Å². The molecular formula is C21H15N9O. The predicted octanol–water partition coefficient (Wildman–Crippen LogP) is 3.16. The molecule has 150 valence electrons. The Morgan fingerprint density at radius 1 is 0.968 bits per heavy atom. The lowest BCUT2D eigenvalue weighted by molar-refractivity contribution is 0.473. The van der Waals surface area contributed by atoms with Crippen molar-refractivity contribution in [1.29, 1.82) is 0 Å². The fourth-order valence-electron chi connectivity index (χ4n) is 3.60. The highest BCUT2D eigenvalue weighted by atomic mass is 16.3. The average molecular weight is 409 g/mol. The molecule has 0 fully saturated rings. The van der Waals surface area contributed by atoms with E-state index in [0.29, 0.717) is 22.8 Å². The zero-order valence-corrected chi connectivity index (χ0v) is 16.3. The van der Waals surface area contributed by atoms with Crippen LogP contribution in [0.2, 0.25) is 0 Å². The number of hydrogen-bond acceptors (Lipinski definition) is 7. The van der Waals surface area contributed by atoms with Gasteiger partial charge in [-0.3, -0.25) is 20.1 Å². The number of aromatic hydroxyl groups is 1. The normalized spacial score (nSPS) is 11.5. The van der Waals surface area contributed by atoms with Gasteiger partial charge in [0.05, 0.1) is 59.2 Å². The van der Waals surface area contributed by atoms with Gasteiger partial charge in [0.15, 0.2) is 5.82 Å². The molecule has 0 bridgehead atoms. The van der Waals surface area contributed by atoms with Crippen molar-refractivity contribution in [3.05, 3.63) is 61.3 Å². The van der Waals surface area contributed by atoms with Crippen molar-refractivity contribution >= 4 is 21.9 Å². The molecule has 0 aliphatic rings. The van der Waals surface area contributed by atoms with E-state index in [0.717, 1.165) is 33.3 Å². The van der Waals surface area contributed by atoms with Crippen LogP contribution in [0.4, 0.5) is 0 Å². The molecule has 3 N–H and O–H groups in total. The van der Waals surface area contributed by atoms with Crippen LogP contribution in [0.5, 0.6) is 5.75 Å². The first kappa shape index (κ1) is 17.3. The second-order valence-corrected chi connectivity index (χ2v) is 7.18. The Kier molecular flexibility index (Phi) is 3.60. The van der Waals surface area contributed by atoms with E-state index in [2.05, 4.69) is 35.1 Å². The van der Waals surface area contributed by atoms with E-state index in [-0.39, 0.29) is 5.75 Å². The van der Waals surface area contributed by atoms with E-state index in [9.17, 15) is 5.11 Å². The minimum atomic E-state index is 0.0823. The van der Waals surface area contributed by atoms with Gasteiger partial charge < -0.3 is 14.7 Å². The maximum absolute atomic E-state index is 9.75. The number of hydrogen-bond donors (Lipinski definition) is 3. The van der Waals surface area contributed by atoms with Gasteiger partial charge in [0.2, 0.25) is 0 Å². The molecule has 31 heavy (non-hydrogen) atoms. The lowest BCUT2D eigenvalue weighted by Crippen LogP contribution is -1.92. The summed E-state index contributed by atoms with van der Waals surface area (Å²) in [6.45, 7) is 1.93. The molecule has 0 saturated heterocycles. The van der Waals surface area contributed by atoms with Crippen LogP contribution >= 0.6 is 0 Å². The first-order valence-electron chi connectivity index (χ1n) is 9.49. The Balaban J connectivity index is 1.51.